The summed E-state index contributed by atoms with van der Waals surface area (Å²) in [6, 6.07) is 12.1. The Bertz CT molecular complexity index is 1210. The number of rotatable bonds is 6. The number of hydrogen-bond donors (Lipinski definition) is 1. The number of nitrogens with zero attached hydrogens (tertiary/aromatic N) is 5. The average Bonchev–Trinajstić information content (AvgIpc) is 3.28. The van der Waals surface area contributed by atoms with E-state index >= 15 is 0 Å². The molecule has 0 saturated heterocycles. The fourth-order valence-electron chi connectivity index (χ4n) is 3.56. The van der Waals surface area contributed by atoms with Gasteiger partial charge in [0.05, 0.1) is 5.69 Å². The van der Waals surface area contributed by atoms with Crippen molar-refractivity contribution in [2.24, 2.45) is 7.05 Å². The lowest BCUT2D eigenvalue weighted by Gasteiger charge is -2.08. The molecule has 0 bridgehead atoms. The summed E-state index contributed by atoms with van der Waals surface area (Å²) < 4.78 is 3.57. The Morgan fingerprint density at radius 3 is 2.32 bits per heavy atom. The highest BCUT2D eigenvalue weighted by Gasteiger charge is 2.13. The molecule has 0 saturated carbocycles. The number of carbonyl (C=O) groups is 1. The van der Waals surface area contributed by atoms with Crippen LogP contribution in [0.2, 0.25) is 0 Å². The van der Waals surface area contributed by atoms with Gasteiger partial charge in [0.25, 0.3) is 0 Å². The molecular formula is C24H26N6O. The number of benzene rings is 1. The van der Waals surface area contributed by atoms with Gasteiger partial charge in [0.15, 0.2) is 0 Å². The fourth-order valence-corrected chi connectivity index (χ4v) is 3.56. The van der Waals surface area contributed by atoms with Crippen LogP contribution in [0.25, 0.3) is 22.4 Å². The van der Waals surface area contributed by atoms with Crippen molar-refractivity contribution in [2.75, 3.05) is 0 Å². The van der Waals surface area contributed by atoms with Crippen molar-refractivity contribution < 1.29 is 4.79 Å². The van der Waals surface area contributed by atoms with Gasteiger partial charge < -0.3 is 5.32 Å². The van der Waals surface area contributed by atoms with Crippen LogP contribution in [0.3, 0.4) is 0 Å². The molecule has 1 N–H and O–H groups in total. The van der Waals surface area contributed by atoms with Gasteiger partial charge in [0, 0.05) is 49.0 Å². The summed E-state index contributed by atoms with van der Waals surface area (Å²) >= 11 is 0. The van der Waals surface area contributed by atoms with Gasteiger partial charge in [-0.1, -0.05) is 24.3 Å². The van der Waals surface area contributed by atoms with E-state index in [0.717, 1.165) is 44.9 Å². The van der Waals surface area contributed by atoms with Crippen LogP contribution in [0.5, 0.6) is 0 Å². The number of aromatic nitrogens is 5. The molecule has 1 aromatic carbocycles. The summed E-state index contributed by atoms with van der Waals surface area (Å²) in [4.78, 5) is 16.5. The number of pyridine rings is 1. The minimum atomic E-state index is -0.0561. The Hall–Kier alpha value is -3.74. The van der Waals surface area contributed by atoms with Crippen molar-refractivity contribution in [1.29, 1.82) is 0 Å². The minimum Gasteiger partial charge on any atom is -0.350 e. The highest BCUT2D eigenvalue weighted by molar-refractivity contribution is 5.80. The Labute approximate surface area is 181 Å². The van der Waals surface area contributed by atoms with Crippen LogP contribution >= 0.6 is 0 Å². The third-order valence-corrected chi connectivity index (χ3v) is 5.57. The van der Waals surface area contributed by atoms with Crippen molar-refractivity contribution in [3.63, 3.8) is 0 Å². The van der Waals surface area contributed by atoms with Gasteiger partial charge in [-0.05, 0) is 49.6 Å². The van der Waals surface area contributed by atoms with E-state index in [4.69, 9.17) is 0 Å². The molecule has 31 heavy (non-hydrogen) atoms. The van der Waals surface area contributed by atoms with Crippen LogP contribution < -0.4 is 5.32 Å². The predicted molar refractivity (Wildman–Crippen MR) is 120 cm³/mol. The van der Waals surface area contributed by atoms with Gasteiger partial charge in [-0.3, -0.25) is 19.1 Å². The summed E-state index contributed by atoms with van der Waals surface area (Å²) in [6.45, 7) is 6.66. The monoisotopic (exact) mass is 414 g/mol. The second-order valence-electron chi connectivity index (χ2n) is 7.73. The standard InChI is InChI=1S/C24H26N6O/c1-16-17(2)27-30(18(16)3)15-23(31)26-13-19-5-7-21(8-6-19)24-22(14-29(4)28-24)20-9-11-25-12-10-20/h5-12,14H,13,15H2,1-4H3,(H,26,31). The predicted octanol–water partition coefficient (Wildman–Crippen LogP) is 3.59. The van der Waals surface area contributed by atoms with E-state index in [0.29, 0.717) is 6.54 Å². The molecule has 1 amide bonds. The summed E-state index contributed by atoms with van der Waals surface area (Å²) in [5.74, 6) is -0.0561. The SMILES string of the molecule is Cc1nn(CC(=O)NCc2ccc(-c3nn(C)cc3-c3ccncc3)cc2)c(C)c1C. The van der Waals surface area contributed by atoms with Crippen molar-refractivity contribution in [3.05, 3.63) is 77.5 Å². The van der Waals surface area contributed by atoms with Gasteiger partial charge in [0.1, 0.15) is 12.2 Å². The molecule has 0 aliphatic carbocycles. The van der Waals surface area contributed by atoms with E-state index in [1.54, 1.807) is 17.1 Å². The molecular weight excluding hydrogens is 388 g/mol. The van der Waals surface area contributed by atoms with Crippen molar-refractivity contribution in [3.8, 4) is 22.4 Å². The number of carbonyl (C=O) groups excluding carboxylic acids is 1. The zero-order valence-corrected chi connectivity index (χ0v) is 18.3. The van der Waals surface area contributed by atoms with Crippen molar-refractivity contribution >= 4 is 5.91 Å². The molecule has 7 nitrogen and oxygen atoms in total. The lowest BCUT2D eigenvalue weighted by atomic mass is 10.0. The lowest BCUT2D eigenvalue weighted by molar-refractivity contribution is -0.122. The quantitative estimate of drug-likeness (QED) is 0.523. The van der Waals surface area contributed by atoms with Crippen LogP contribution in [-0.4, -0.2) is 30.5 Å². The normalized spacial score (nSPS) is 11.0. The summed E-state index contributed by atoms with van der Waals surface area (Å²) in [5.41, 5.74) is 8.23. The van der Waals surface area contributed by atoms with Gasteiger partial charge >= 0.3 is 0 Å². The number of nitrogens with one attached hydrogen (secondary N) is 1. The summed E-state index contributed by atoms with van der Waals surface area (Å²) in [5, 5.41) is 12.0. The van der Waals surface area contributed by atoms with Crippen LogP contribution in [-0.2, 0) is 24.9 Å². The first-order valence-corrected chi connectivity index (χ1v) is 10.2. The molecule has 0 unspecified atom stereocenters. The minimum absolute atomic E-state index is 0.0561. The van der Waals surface area contributed by atoms with Gasteiger partial charge in [0.2, 0.25) is 5.91 Å². The van der Waals surface area contributed by atoms with Crippen LogP contribution in [0.1, 0.15) is 22.5 Å². The molecule has 0 spiro atoms. The van der Waals surface area contributed by atoms with Gasteiger partial charge in [-0.25, -0.2) is 0 Å². The topological polar surface area (TPSA) is 77.6 Å². The number of hydrogen-bond acceptors (Lipinski definition) is 4. The Morgan fingerprint density at radius 1 is 0.968 bits per heavy atom. The third kappa shape index (κ3) is 4.40. The first kappa shape index (κ1) is 20.5. The summed E-state index contributed by atoms with van der Waals surface area (Å²) in [6.07, 6.45) is 5.58. The highest BCUT2D eigenvalue weighted by atomic mass is 16.2. The molecule has 0 aliphatic heterocycles. The molecule has 0 atom stereocenters. The van der Waals surface area contributed by atoms with Crippen molar-refractivity contribution in [1.82, 2.24) is 29.9 Å². The number of amides is 1. The average molecular weight is 415 g/mol. The van der Waals surface area contributed by atoms with Crippen LogP contribution in [0.15, 0.2) is 55.0 Å². The fraction of sp³-hybridized carbons (Fsp3) is 0.250. The second-order valence-corrected chi connectivity index (χ2v) is 7.73. The molecule has 4 aromatic rings. The number of aryl methyl sites for hydroxylation is 2. The molecule has 0 aliphatic rings. The molecule has 0 fully saturated rings. The van der Waals surface area contributed by atoms with Crippen molar-refractivity contribution in [2.45, 2.75) is 33.9 Å². The van der Waals surface area contributed by atoms with Crippen LogP contribution in [0.4, 0.5) is 0 Å². The first-order chi connectivity index (χ1) is 14.9. The largest absolute Gasteiger partial charge is 0.350 e. The molecule has 158 valence electrons. The van der Waals surface area contributed by atoms with Crippen LogP contribution in [0, 0.1) is 20.8 Å². The zero-order chi connectivity index (χ0) is 22.0. The van der Waals surface area contributed by atoms with Gasteiger partial charge in [-0.2, -0.15) is 10.2 Å². The van der Waals surface area contributed by atoms with E-state index < -0.39 is 0 Å². The molecule has 0 radical (unpaired) electrons. The Kier molecular flexibility index (Phi) is 5.66. The highest BCUT2D eigenvalue weighted by Crippen LogP contribution is 2.30. The Morgan fingerprint density at radius 2 is 1.68 bits per heavy atom. The maximum absolute atomic E-state index is 12.4. The van der Waals surface area contributed by atoms with E-state index in [9.17, 15) is 4.79 Å². The molecule has 3 heterocycles. The second kappa shape index (κ2) is 8.55. The van der Waals surface area contributed by atoms with E-state index in [1.807, 2.05) is 75.1 Å². The maximum Gasteiger partial charge on any atom is 0.242 e. The first-order valence-electron chi connectivity index (χ1n) is 10.2. The van der Waals surface area contributed by atoms with E-state index in [-0.39, 0.29) is 12.5 Å². The molecule has 3 aromatic heterocycles. The zero-order valence-electron chi connectivity index (χ0n) is 18.3. The molecule has 7 heteroatoms. The molecule has 4 rings (SSSR count). The lowest BCUT2D eigenvalue weighted by Crippen LogP contribution is -2.28. The Balaban J connectivity index is 1.43. The third-order valence-electron chi connectivity index (χ3n) is 5.57. The van der Waals surface area contributed by atoms with E-state index in [2.05, 4.69) is 20.5 Å². The maximum atomic E-state index is 12.4. The van der Waals surface area contributed by atoms with Gasteiger partial charge in [-0.15, -0.1) is 0 Å². The smallest absolute Gasteiger partial charge is 0.242 e. The summed E-state index contributed by atoms with van der Waals surface area (Å²) in [7, 11) is 1.92. The van der Waals surface area contributed by atoms with E-state index in [1.165, 1.54) is 0 Å².